The lowest BCUT2D eigenvalue weighted by Crippen LogP contribution is -2.37. The van der Waals surface area contributed by atoms with E-state index in [2.05, 4.69) is 31.9 Å². The molecular formula is C16H13Br2NO4. The molecule has 0 aromatic heterocycles. The van der Waals surface area contributed by atoms with Crippen molar-refractivity contribution in [1.82, 2.24) is 0 Å². The lowest BCUT2D eigenvalue weighted by molar-refractivity contribution is -0.123. The molecule has 0 spiro atoms. The van der Waals surface area contributed by atoms with Gasteiger partial charge in [0, 0.05) is 9.65 Å². The number of halogens is 2. The number of para-hydroxylation sites is 1. The van der Waals surface area contributed by atoms with E-state index < -0.39 is 5.97 Å². The standard InChI is InChI=1S/C16H13Br2NO4/c17-12-7-5-8(13(12)18)11-10(7)14(20)19(15(11)21)9-4-2-1-3-6(9)16(22)23/h1-4,7-8,10-13H,5H2,(H,22,23)/t7-,8-,10-,11-,12+,13+/m1/s1. The Labute approximate surface area is 149 Å². The number of amides is 2. The maximum Gasteiger partial charge on any atom is 0.337 e. The van der Waals surface area contributed by atoms with Crippen molar-refractivity contribution in [3.63, 3.8) is 0 Å². The Hall–Kier alpha value is -1.21. The molecule has 2 bridgehead atoms. The molecule has 2 aliphatic carbocycles. The van der Waals surface area contributed by atoms with Gasteiger partial charge >= 0.3 is 5.97 Å². The van der Waals surface area contributed by atoms with E-state index in [-0.39, 0.29) is 56.4 Å². The summed E-state index contributed by atoms with van der Waals surface area (Å²) in [6, 6.07) is 6.18. The van der Waals surface area contributed by atoms with Crippen LogP contribution in [0.15, 0.2) is 24.3 Å². The van der Waals surface area contributed by atoms with Crippen LogP contribution in [0.5, 0.6) is 0 Å². The Morgan fingerprint density at radius 2 is 1.57 bits per heavy atom. The fraction of sp³-hybridized carbons (Fsp3) is 0.438. The molecule has 1 aliphatic heterocycles. The van der Waals surface area contributed by atoms with Crippen LogP contribution < -0.4 is 4.90 Å². The lowest BCUT2D eigenvalue weighted by atomic mass is 9.81. The number of aromatic carboxylic acids is 1. The van der Waals surface area contributed by atoms with Gasteiger partial charge in [-0.05, 0) is 30.4 Å². The number of carboxylic acid groups (broad SMARTS) is 1. The normalized spacial score (nSPS) is 38.3. The zero-order chi connectivity index (χ0) is 16.5. The minimum Gasteiger partial charge on any atom is -0.478 e. The third-order valence-corrected chi connectivity index (χ3v) is 8.57. The quantitative estimate of drug-likeness (QED) is 0.564. The first-order valence-electron chi connectivity index (χ1n) is 7.41. The predicted molar refractivity (Wildman–Crippen MR) is 89.9 cm³/mol. The highest BCUT2D eigenvalue weighted by Crippen LogP contribution is 2.60. The van der Waals surface area contributed by atoms with Gasteiger partial charge in [0.1, 0.15) is 0 Å². The van der Waals surface area contributed by atoms with E-state index >= 15 is 0 Å². The first kappa shape index (κ1) is 15.3. The van der Waals surface area contributed by atoms with Gasteiger partial charge < -0.3 is 5.11 Å². The molecule has 4 rings (SSSR count). The van der Waals surface area contributed by atoms with Gasteiger partial charge in [-0.1, -0.05) is 44.0 Å². The number of fused-ring (bicyclic) bond motifs is 5. The number of carbonyl (C=O) groups is 3. The first-order valence-corrected chi connectivity index (χ1v) is 9.25. The summed E-state index contributed by atoms with van der Waals surface area (Å²) in [5.74, 6) is -2.10. The Balaban J connectivity index is 1.78. The minimum absolute atomic E-state index is 0.0210. The van der Waals surface area contributed by atoms with Crippen LogP contribution in [0, 0.1) is 23.7 Å². The van der Waals surface area contributed by atoms with E-state index in [1.807, 2.05) is 0 Å². The van der Waals surface area contributed by atoms with Crippen LogP contribution in [-0.2, 0) is 9.59 Å². The monoisotopic (exact) mass is 441 g/mol. The summed E-state index contributed by atoms with van der Waals surface area (Å²) in [5.41, 5.74) is 0.161. The van der Waals surface area contributed by atoms with Crippen molar-refractivity contribution >= 4 is 55.3 Å². The second-order valence-electron chi connectivity index (χ2n) is 6.34. The number of carboxylic acids is 1. The fourth-order valence-corrected chi connectivity index (χ4v) is 6.31. The van der Waals surface area contributed by atoms with E-state index in [0.717, 1.165) is 11.3 Å². The average Bonchev–Trinajstić information content (AvgIpc) is 3.12. The van der Waals surface area contributed by atoms with Gasteiger partial charge in [0.05, 0.1) is 23.1 Å². The number of imide groups is 1. The molecule has 1 saturated heterocycles. The van der Waals surface area contributed by atoms with Crippen LogP contribution in [0.1, 0.15) is 16.8 Å². The molecule has 7 heteroatoms. The van der Waals surface area contributed by atoms with Crippen molar-refractivity contribution in [2.75, 3.05) is 4.90 Å². The molecule has 120 valence electrons. The largest absolute Gasteiger partial charge is 0.478 e. The molecule has 23 heavy (non-hydrogen) atoms. The van der Waals surface area contributed by atoms with Crippen LogP contribution >= 0.6 is 31.9 Å². The van der Waals surface area contributed by atoms with Crippen molar-refractivity contribution < 1.29 is 19.5 Å². The van der Waals surface area contributed by atoms with Crippen LogP contribution in [0.3, 0.4) is 0 Å². The highest BCUT2D eigenvalue weighted by atomic mass is 79.9. The molecule has 3 aliphatic rings. The average molecular weight is 443 g/mol. The smallest absolute Gasteiger partial charge is 0.337 e. The van der Waals surface area contributed by atoms with Crippen LogP contribution in [0.2, 0.25) is 0 Å². The summed E-state index contributed by atoms with van der Waals surface area (Å²) in [7, 11) is 0. The molecular weight excluding hydrogens is 430 g/mol. The summed E-state index contributed by atoms with van der Waals surface area (Å²) < 4.78 is 0. The maximum absolute atomic E-state index is 12.9. The lowest BCUT2D eigenvalue weighted by Gasteiger charge is -2.28. The van der Waals surface area contributed by atoms with Gasteiger partial charge in [-0.15, -0.1) is 0 Å². The van der Waals surface area contributed by atoms with Crippen LogP contribution in [0.4, 0.5) is 5.69 Å². The number of benzene rings is 1. The number of anilines is 1. The van der Waals surface area contributed by atoms with E-state index in [1.165, 1.54) is 12.1 Å². The third kappa shape index (κ3) is 1.92. The molecule has 5 nitrogen and oxygen atoms in total. The second kappa shape index (κ2) is 5.14. The summed E-state index contributed by atoms with van der Waals surface area (Å²) in [5, 5.41) is 9.34. The van der Waals surface area contributed by atoms with E-state index in [9.17, 15) is 19.5 Å². The predicted octanol–water partition coefficient (Wildman–Crippen LogP) is 2.67. The molecule has 0 unspecified atom stereocenters. The minimum atomic E-state index is -1.14. The summed E-state index contributed by atoms with van der Waals surface area (Å²) in [6.45, 7) is 0. The molecule has 1 aromatic rings. The zero-order valence-electron chi connectivity index (χ0n) is 11.9. The SMILES string of the molecule is O=C(O)c1ccccc1N1C(=O)[C@@H]2[C@H]3C[C@@H]([C@H](Br)[C@H]3Br)[C@H]2C1=O. The van der Waals surface area contributed by atoms with Crippen molar-refractivity contribution in [3.05, 3.63) is 29.8 Å². The molecule has 2 amide bonds. The number of nitrogens with zero attached hydrogens (tertiary/aromatic N) is 1. The number of rotatable bonds is 2. The summed E-state index contributed by atoms with van der Waals surface area (Å²) in [6.07, 6.45) is 0.854. The Bertz CT molecular complexity index is 705. The van der Waals surface area contributed by atoms with Gasteiger partial charge in [0.15, 0.2) is 0 Å². The third-order valence-electron chi connectivity index (χ3n) is 5.36. The van der Waals surface area contributed by atoms with Crippen molar-refractivity contribution in [1.29, 1.82) is 0 Å². The number of hydrogen-bond donors (Lipinski definition) is 1. The van der Waals surface area contributed by atoms with Gasteiger partial charge in [-0.25, -0.2) is 9.69 Å². The highest BCUT2D eigenvalue weighted by molar-refractivity contribution is 9.12. The fourth-order valence-electron chi connectivity index (χ4n) is 4.44. The van der Waals surface area contributed by atoms with Crippen LogP contribution in [0.25, 0.3) is 0 Å². The van der Waals surface area contributed by atoms with Crippen molar-refractivity contribution in [2.24, 2.45) is 23.7 Å². The molecule has 1 heterocycles. The van der Waals surface area contributed by atoms with Gasteiger partial charge in [0.25, 0.3) is 0 Å². The highest BCUT2D eigenvalue weighted by Gasteiger charge is 2.66. The van der Waals surface area contributed by atoms with Crippen LogP contribution in [-0.4, -0.2) is 32.5 Å². The molecule has 0 radical (unpaired) electrons. The molecule has 6 atom stereocenters. The van der Waals surface area contributed by atoms with E-state index in [0.29, 0.717) is 0 Å². The van der Waals surface area contributed by atoms with E-state index in [4.69, 9.17) is 0 Å². The molecule has 1 N–H and O–H groups in total. The van der Waals surface area contributed by atoms with Crippen molar-refractivity contribution in [2.45, 2.75) is 16.1 Å². The Morgan fingerprint density at radius 3 is 2.09 bits per heavy atom. The molecule has 3 fully saturated rings. The maximum atomic E-state index is 12.9. The van der Waals surface area contributed by atoms with Gasteiger partial charge in [0.2, 0.25) is 11.8 Å². The molecule has 1 aromatic carbocycles. The van der Waals surface area contributed by atoms with Gasteiger partial charge in [-0.2, -0.15) is 0 Å². The summed E-state index contributed by atoms with van der Waals surface area (Å²) >= 11 is 7.27. The number of carbonyl (C=O) groups excluding carboxylic acids is 2. The Morgan fingerprint density at radius 1 is 1.04 bits per heavy atom. The molecule has 2 saturated carbocycles. The summed E-state index contributed by atoms with van der Waals surface area (Å²) in [4.78, 5) is 38.6. The topological polar surface area (TPSA) is 74.7 Å². The van der Waals surface area contributed by atoms with Crippen molar-refractivity contribution in [3.8, 4) is 0 Å². The zero-order valence-corrected chi connectivity index (χ0v) is 15.0. The Kier molecular flexibility index (Phi) is 3.43. The second-order valence-corrected chi connectivity index (χ2v) is 8.45. The number of hydrogen-bond acceptors (Lipinski definition) is 3. The van der Waals surface area contributed by atoms with E-state index in [1.54, 1.807) is 12.1 Å². The number of alkyl halides is 2. The first-order chi connectivity index (χ1) is 10.9. The van der Waals surface area contributed by atoms with Gasteiger partial charge in [-0.3, -0.25) is 9.59 Å².